The second-order valence-corrected chi connectivity index (χ2v) is 9.57. The molecule has 0 atom stereocenters. The van der Waals surface area contributed by atoms with E-state index in [2.05, 4.69) is 29.2 Å². The molecule has 3 aromatic carbocycles. The van der Waals surface area contributed by atoms with Crippen LogP contribution in [0.1, 0.15) is 53.7 Å². The van der Waals surface area contributed by atoms with E-state index in [9.17, 15) is 9.59 Å². The lowest BCUT2D eigenvalue weighted by Gasteiger charge is -2.27. The second-order valence-electron chi connectivity index (χ2n) is 9.57. The number of Topliss-reactive ketones (excluding diaryl/α,β-unsaturated/α-hetero) is 1. The van der Waals surface area contributed by atoms with Crippen molar-refractivity contribution in [2.45, 2.75) is 33.2 Å². The Morgan fingerprint density at radius 3 is 2.44 bits per heavy atom. The predicted molar refractivity (Wildman–Crippen MR) is 145 cm³/mol. The topological polar surface area (TPSA) is 49.9 Å². The molecule has 0 aliphatic carbocycles. The minimum atomic E-state index is -0.0188. The fourth-order valence-electron chi connectivity index (χ4n) is 5.13. The van der Waals surface area contributed by atoms with E-state index in [1.165, 1.54) is 12.8 Å². The number of likely N-dealkylation sites (tertiary alicyclic amines) is 1. The van der Waals surface area contributed by atoms with Gasteiger partial charge in [-0.1, -0.05) is 48.6 Å². The number of carbonyl (C=O) groups is 2. The SMILES string of the molecule is CC(=O)c1ccccc1-c1ccc2c(c1)CN(C(C)=O)c1ccc(OCCN3CCCC3)cc1C=C2. The second kappa shape index (κ2) is 10.5. The highest BCUT2D eigenvalue weighted by molar-refractivity contribution is 6.01. The first kappa shape index (κ1) is 24.0. The van der Waals surface area contributed by atoms with Crippen molar-refractivity contribution in [1.29, 1.82) is 0 Å². The average molecular weight is 481 g/mol. The van der Waals surface area contributed by atoms with E-state index < -0.39 is 0 Å². The van der Waals surface area contributed by atoms with E-state index in [4.69, 9.17) is 4.74 Å². The van der Waals surface area contributed by atoms with Crippen LogP contribution in [-0.4, -0.2) is 42.8 Å². The fourth-order valence-corrected chi connectivity index (χ4v) is 5.13. The third-order valence-electron chi connectivity index (χ3n) is 7.08. The molecule has 2 aliphatic heterocycles. The number of hydrogen-bond acceptors (Lipinski definition) is 4. The number of nitrogens with zero attached hydrogens (tertiary/aromatic N) is 2. The van der Waals surface area contributed by atoms with Gasteiger partial charge < -0.3 is 9.64 Å². The van der Waals surface area contributed by atoms with Gasteiger partial charge in [0.25, 0.3) is 0 Å². The van der Waals surface area contributed by atoms with Gasteiger partial charge in [0.1, 0.15) is 12.4 Å². The molecule has 0 saturated carbocycles. The number of ketones is 1. The zero-order valence-corrected chi connectivity index (χ0v) is 21.0. The van der Waals surface area contributed by atoms with Crippen molar-refractivity contribution in [3.8, 4) is 16.9 Å². The maximum atomic E-state index is 12.8. The summed E-state index contributed by atoms with van der Waals surface area (Å²) < 4.78 is 6.06. The first-order valence-electron chi connectivity index (χ1n) is 12.7. The smallest absolute Gasteiger partial charge is 0.224 e. The summed E-state index contributed by atoms with van der Waals surface area (Å²) in [6, 6.07) is 19.8. The molecule has 36 heavy (non-hydrogen) atoms. The third kappa shape index (κ3) is 5.12. The third-order valence-corrected chi connectivity index (χ3v) is 7.08. The van der Waals surface area contributed by atoms with Crippen LogP contribution in [0.4, 0.5) is 5.69 Å². The Morgan fingerprint density at radius 1 is 0.889 bits per heavy atom. The van der Waals surface area contributed by atoms with Crippen LogP contribution in [0.15, 0.2) is 60.7 Å². The molecule has 3 aromatic rings. The summed E-state index contributed by atoms with van der Waals surface area (Å²) in [6.07, 6.45) is 6.70. The summed E-state index contributed by atoms with van der Waals surface area (Å²) in [7, 11) is 0. The number of amides is 1. The van der Waals surface area contributed by atoms with Crippen molar-refractivity contribution in [2.75, 3.05) is 31.1 Å². The Labute approximate surface area is 213 Å². The Morgan fingerprint density at radius 2 is 1.67 bits per heavy atom. The largest absolute Gasteiger partial charge is 0.492 e. The molecular weight excluding hydrogens is 448 g/mol. The zero-order chi connectivity index (χ0) is 25.1. The van der Waals surface area contributed by atoms with Crippen LogP contribution in [0.5, 0.6) is 5.75 Å². The molecule has 5 rings (SSSR count). The fraction of sp³-hybridized carbons (Fsp3) is 0.290. The number of hydrogen-bond donors (Lipinski definition) is 0. The summed E-state index contributed by atoms with van der Waals surface area (Å²) >= 11 is 0. The molecule has 0 aromatic heterocycles. The number of benzene rings is 3. The number of carbonyl (C=O) groups excluding carboxylic acids is 2. The number of ether oxygens (including phenoxy) is 1. The van der Waals surface area contributed by atoms with Gasteiger partial charge in [-0.15, -0.1) is 0 Å². The van der Waals surface area contributed by atoms with Crippen LogP contribution < -0.4 is 9.64 Å². The van der Waals surface area contributed by atoms with Gasteiger partial charge >= 0.3 is 0 Å². The molecule has 1 saturated heterocycles. The summed E-state index contributed by atoms with van der Waals surface area (Å²) in [5, 5.41) is 0. The summed E-state index contributed by atoms with van der Waals surface area (Å²) in [6.45, 7) is 7.56. The number of rotatable bonds is 6. The molecule has 184 valence electrons. The molecule has 0 spiro atoms. The van der Waals surface area contributed by atoms with Crippen molar-refractivity contribution in [1.82, 2.24) is 4.90 Å². The highest BCUT2D eigenvalue weighted by Gasteiger charge is 2.20. The van der Waals surface area contributed by atoms with Gasteiger partial charge in [0.15, 0.2) is 5.78 Å². The minimum absolute atomic E-state index is 0.0188. The highest BCUT2D eigenvalue weighted by atomic mass is 16.5. The molecule has 5 heteroatoms. The molecule has 5 nitrogen and oxygen atoms in total. The maximum absolute atomic E-state index is 12.8. The Bertz CT molecular complexity index is 1320. The van der Waals surface area contributed by atoms with Crippen molar-refractivity contribution in [3.05, 3.63) is 82.9 Å². The van der Waals surface area contributed by atoms with Gasteiger partial charge in [-0.05, 0) is 79.4 Å². The Balaban J connectivity index is 1.45. The molecule has 1 fully saturated rings. The predicted octanol–water partition coefficient (Wildman–Crippen LogP) is 6.07. The monoisotopic (exact) mass is 480 g/mol. The van der Waals surface area contributed by atoms with Crippen molar-refractivity contribution in [3.63, 3.8) is 0 Å². The Kier molecular flexibility index (Phi) is 7.01. The average Bonchev–Trinajstić information content (AvgIpc) is 3.39. The lowest BCUT2D eigenvalue weighted by molar-refractivity contribution is -0.116. The van der Waals surface area contributed by atoms with E-state index in [0.29, 0.717) is 18.7 Å². The normalized spacial score (nSPS) is 15.1. The van der Waals surface area contributed by atoms with Gasteiger partial charge in [0.2, 0.25) is 5.91 Å². The molecule has 1 amide bonds. The Hall–Kier alpha value is -3.70. The first-order valence-corrected chi connectivity index (χ1v) is 12.7. The molecule has 0 N–H and O–H groups in total. The van der Waals surface area contributed by atoms with E-state index in [1.54, 1.807) is 13.8 Å². The summed E-state index contributed by atoms with van der Waals surface area (Å²) in [5.74, 6) is 0.836. The maximum Gasteiger partial charge on any atom is 0.224 e. The zero-order valence-electron chi connectivity index (χ0n) is 21.0. The standard InChI is InChI=1S/C31H32N2O3/c1-22(34)29-7-3-4-8-30(29)25-11-9-24-10-12-26-20-28(36-18-17-32-15-5-6-16-32)13-14-31(26)33(23(2)35)21-27(24)19-25/h3-4,7-14,19-20H,5-6,15-18,21H2,1-2H3. The molecule has 2 aliphatic rings. The van der Waals surface area contributed by atoms with Gasteiger partial charge in [-0.25, -0.2) is 0 Å². The molecule has 0 unspecified atom stereocenters. The van der Waals surface area contributed by atoms with Crippen LogP contribution in [0.3, 0.4) is 0 Å². The number of fused-ring (bicyclic) bond motifs is 2. The van der Waals surface area contributed by atoms with Crippen molar-refractivity contribution in [2.24, 2.45) is 0 Å². The highest BCUT2D eigenvalue weighted by Crippen LogP contribution is 2.34. The lowest BCUT2D eigenvalue weighted by Crippen LogP contribution is -2.29. The van der Waals surface area contributed by atoms with Gasteiger partial charge in [-0.2, -0.15) is 0 Å². The quantitative estimate of drug-likeness (QED) is 0.402. The first-order chi connectivity index (χ1) is 17.5. The van der Waals surface area contributed by atoms with E-state index in [0.717, 1.165) is 58.9 Å². The van der Waals surface area contributed by atoms with Crippen LogP contribution in [0.25, 0.3) is 23.3 Å². The van der Waals surface area contributed by atoms with Gasteiger partial charge in [-0.3, -0.25) is 14.5 Å². The van der Waals surface area contributed by atoms with E-state index in [1.807, 2.05) is 53.4 Å². The van der Waals surface area contributed by atoms with Crippen LogP contribution in [0.2, 0.25) is 0 Å². The lowest BCUT2D eigenvalue weighted by atomic mass is 9.93. The number of anilines is 1. The summed E-state index contributed by atoms with van der Waals surface area (Å²) in [5.41, 5.74) is 6.49. The van der Waals surface area contributed by atoms with Crippen LogP contribution >= 0.6 is 0 Å². The van der Waals surface area contributed by atoms with Gasteiger partial charge in [0.05, 0.1) is 12.2 Å². The molecular formula is C31H32N2O3. The minimum Gasteiger partial charge on any atom is -0.492 e. The van der Waals surface area contributed by atoms with E-state index >= 15 is 0 Å². The van der Waals surface area contributed by atoms with Crippen molar-refractivity contribution >= 4 is 29.5 Å². The van der Waals surface area contributed by atoms with Crippen LogP contribution in [0, 0.1) is 0 Å². The van der Waals surface area contributed by atoms with Gasteiger partial charge in [0, 0.05) is 24.6 Å². The van der Waals surface area contributed by atoms with Crippen LogP contribution in [-0.2, 0) is 11.3 Å². The molecule has 0 radical (unpaired) electrons. The van der Waals surface area contributed by atoms with E-state index in [-0.39, 0.29) is 11.7 Å². The molecule has 2 heterocycles. The van der Waals surface area contributed by atoms with Crippen molar-refractivity contribution < 1.29 is 14.3 Å². The summed E-state index contributed by atoms with van der Waals surface area (Å²) in [4.78, 5) is 29.2. The molecule has 0 bridgehead atoms.